The van der Waals surface area contributed by atoms with Gasteiger partial charge in [-0.05, 0) is 37.0 Å². The van der Waals surface area contributed by atoms with Crippen LogP contribution in [0.1, 0.15) is 36.4 Å². The molecule has 2 aromatic rings. The van der Waals surface area contributed by atoms with E-state index < -0.39 is 0 Å². The summed E-state index contributed by atoms with van der Waals surface area (Å²) in [6, 6.07) is 7.32. The number of nitrogens with zero attached hydrogens (tertiary/aromatic N) is 1. The molecular formula is C18H20N4O4. The van der Waals surface area contributed by atoms with Crippen LogP contribution in [0.5, 0.6) is 11.5 Å². The number of benzene rings is 1. The number of nitrogens with two attached hydrogens (primary N) is 1. The molecule has 0 spiro atoms. The van der Waals surface area contributed by atoms with E-state index in [1.54, 1.807) is 0 Å². The average Bonchev–Trinajstić information content (AvgIpc) is 3.02. The van der Waals surface area contributed by atoms with Crippen LogP contribution < -0.4 is 26.1 Å². The number of hydrogen-bond donors (Lipinski definition) is 3. The number of aromatic amines is 1. The smallest absolute Gasteiger partial charge is 0.252 e. The van der Waals surface area contributed by atoms with E-state index in [9.17, 15) is 9.59 Å². The Labute approximate surface area is 149 Å². The van der Waals surface area contributed by atoms with Crippen molar-refractivity contribution < 1.29 is 14.3 Å². The second kappa shape index (κ2) is 6.70. The first-order chi connectivity index (χ1) is 12.6. The molecule has 1 saturated carbocycles. The van der Waals surface area contributed by atoms with Crippen molar-refractivity contribution in [1.82, 2.24) is 15.3 Å². The normalized spacial score (nSPS) is 20.5. The Hall–Kier alpha value is -3.03. The molecule has 1 aromatic carbocycles. The third-order valence-electron chi connectivity index (χ3n) is 4.78. The van der Waals surface area contributed by atoms with Crippen LogP contribution in [-0.4, -0.2) is 28.7 Å². The number of hydrogen-bond acceptors (Lipinski definition) is 6. The van der Waals surface area contributed by atoms with Crippen molar-refractivity contribution in [2.45, 2.75) is 37.6 Å². The van der Waals surface area contributed by atoms with Gasteiger partial charge >= 0.3 is 0 Å². The van der Waals surface area contributed by atoms with Crippen molar-refractivity contribution in [3.8, 4) is 11.5 Å². The Kier molecular flexibility index (Phi) is 4.24. The lowest BCUT2D eigenvalue weighted by atomic mass is 9.78. The number of rotatable bonds is 5. The largest absolute Gasteiger partial charge is 0.454 e. The molecule has 2 heterocycles. The van der Waals surface area contributed by atoms with Crippen molar-refractivity contribution in [2.24, 2.45) is 0 Å². The van der Waals surface area contributed by atoms with Crippen molar-refractivity contribution in [3.05, 3.63) is 45.9 Å². The summed E-state index contributed by atoms with van der Waals surface area (Å²) >= 11 is 0. The lowest BCUT2D eigenvalue weighted by molar-refractivity contribution is -0.122. The number of fused-ring (bicyclic) bond motifs is 1. The summed E-state index contributed by atoms with van der Waals surface area (Å²) in [6.45, 7) is 0.246. The van der Waals surface area contributed by atoms with E-state index in [1.807, 2.05) is 18.2 Å². The molecule has 26 heavy (non-hydrogen) atoms. The molecule has 1 fully saturated rings. The van der Waals surface area contributed by atoms with E-state index in [1.165, 1.54) is 6.07 Å². The summed E-state index contributed by atoms with van der Waals surface area (Å²) in [7, 11) is 0. The quantitative estimate of drug-likeness (QED) is 0.737. The van der Waals surface area contributed by atoms with Crippen molar-refractivity contribution in [2.75, 3.05) is 12.5 Å². The predicted molar refractivity (Wildman–Crippen MR) is 94.1 cm³/mol. The molecule has 2 aliphatic rings. The molecule has 4 N–H and O–H groups in total. The van der Waals surface area contributed by atoms with E-state index in [-0.39, 0.29) is 36.2 Å². The topological polar surface area (TPSA) is 119 Å². The van der Waals surface area contributed by atoms with Crippen LogP contribution in [0.15, 0.2) is 29.1 Å². The highest BCUT2D eigenvalue weighted by Crippen LogP contribution is 2.36. The van der Waals surface area contributed by atoms with Gasteiger partial charge in [-0.3, -0.25) is 14.6 Å². The van der Waals surface area contributed by atoms with Gasteiger partial charge in [0.05, 0.1) is 5.69 Å². The summed E-state index contributed by atoms with van der Waals surface area (Å²) in [6.07, 6.45) is 2.60. The molecule has 1 aliphatic carbocycles. The maximum Gasteiger partial charge on any atom is 0.252 e. The van der Waals surface area contributed by atoms with Crippen LogP contribution in [-0.2, 0) is 11.2 Å². The third kappa shape index (κ3) is 3.49. The monoisotopic (exact) mass is 356 g/mol. The van der Waals surface area contributed by atoms with Gasteiger partial charge in [-0.25, -0.2) is 4.98 Å². The van der Waals surface area contributed by atoms with Gasteiger partial charge in [0, 0.05) is 24.4 Å². The molecule has 0 unspecified atom stereocenters. The Morgan fingerprint density at radius 3 is 2.88 bits per heavy atom. The molecule has 0 saturated heterocycles. The zero-order valence-electron chi connectivity index (χ0n) is 14.2. The summed E-state index contributed by atoms with van der Waals surface area (Å²) in [5, 5.41) is 3.03. The highest BCUT2D eigenvalue weighted by molar-refractivity contribution is 5.76. The number of aromatic nitrogens is 2. The van der Waals surface area contributed by atoms with E-state index in [4.69, 9.17) is 15.2 Å². The molecule has 1 amide bonds. The summed E-state index contributed by atoms with van der Waals surface area (Å²) in [4.78, 5) is 30.2. The van der Waals surface area contributed by atoms with Crippen molar-refractivity contribution in [1.29, 1.82) is 0 Å². The SMILES string of the molecule is Nc1nc(C2CC(NC(=O)CCc3ccc4c(c3)OCO4)C2)cc(=O)[nH]1. The lowest BCUT2D eigenvalue weighted by Gasteiger charge is -2.35. The molecule has 8 heteroatoms. The molecule has 136 valence electrons. The number of nitrogen functional groups attached to an aromatic ring is 1. The van der Waals surface area contributed by atoms with Crippen LogP contribution in [0.2, 0.25) is 0 Å². The fourth-order valence-corrected chi connectivity index (χ4v) is 3.34. The second-order valence-corrected chi connectivity index (χ2v) is 6.68. The molecule has 0 atom stereocenters. The molecular weight excluding hydrogens is 336 g/mol. The molecule has 8 nitrogen and oxygen atoms in total. The van der Waals surface area contributed by atoms with Gasteiger partial charge in [-0.2, -0.15) is 0 Å². The summed E-state index contributed by atoms with van der Waals surface area (Å²) < 4.78 is 10.6. The van der Waals surface area contributed by atoms with E-state index in [0.717, 1.165) is 29.9 Å². The summed E-state index contributed by atoms with van der Waals surface area (Å²) in [5.41, 5.74) is 7.05. The van der Waals surface area contributed by atoms with Crippen molar-refractivity contribution in [3.63, 3.8) is 0 Å². The number of H-pyrrole nitrogens is 1. The maximum atomic E-state index is 12.1. The fraction of sp³-hybridized carbons (Fsp3) is 0.389. The minimum atomic E-state index is -0.247. The highest BCUT2D eigenvalue weighted by Gasteiger charge is 2.32. The van der Waals surface area contributed by atoms with Gasteiger partial charge in [0.25, 0.3) is 5.56 Å². The van der Waals surface area contributed by atoms with Gasteiger partial charge in [0.1, 0.15) is 0 Å². The lowest BCUT2D eigenvalue weighted by Crippen LogP contribution is -2.43. The number of carbonyl (C=O) groups excluding carboxylic acids is 1. The van der Waals surface area contributed by atoms with Gasteiger partial charge in [0.15, 0.2) is 11.5 Å². The van der Waals surface area contributed by atoms with Crippen LogP contribution in [0.3, 0.4) is 0 Å². The first kappa shape index (κ1) is 16.4. The Bertz CT molecular complexity index is 889. The molecule has 1 aliphatic heterocycles. The van der Waals surface area contributed by atoms with Gasteiger partial charge < -0.3 is 20.5 Å². The zero-order valence-corrected chi connectivity index (χ0v) is 14.2. The third-order valence-corrected chi connectivity index (χ3v) is 4.78. The second-order valence-electron chi connectivity index (χ2n) is 6.68. The number of amides is 1. The number of anilines is 1. The van der Waals surface area contributed by atoms with E-state index in [2.05, 4.69) is 15.3 Å². The zero-order chi connectivity index (χ0) is 18.1. The highest BCUT2D eigenvalue weighted by atomic mass is 16.7. The average molecular weight is 356 g/mol. The van der Waals surface area contributed by atoms with Crippen LogP contribution in [0.4, 0.5) is 5.95 Å². The molecule has 0 radical (unpaired) electrons. The molecule has 1 aromatic heterocycles. The Morgan fingerprint density at radius 1 is 1.27 bits per heavy atom. The Morgan fingerprint density at radius 2 is 2.08 bits per heavy atom. The standard InChI is InChI=1S/C18H20N4O4/c19-18-21-13(8-17(24)22-18)11-6-12(7-11)20-16(23)4-2-10-1-3-14-15(5-10)26-9-25-14/h1,3,5,8,11-12H,2,4,6-7,9H2,(H,20,23)(H3,19,21,22,24). The minimum absolute atomic E-state index is 0.0181. The first-order valence-corrected chi connectivity index (χ1v) is 8.61. The van der Waals surface area contributed by atoms with Crippen LogP contribution in [0, 0.1) is 0 Å². The van der Waals surface area contributed by atoms with Crippen LogP contribution in [0.25, 0.3) is 0 Å². The fourth-order valence-electron chi connectivity index (χ4n) is 3.34. The van der Waals surface area contributed by atoms with Crippen LogP contribution >= 0.6 is 0 Å². The summed E-state index contributed by atoms with van der Waals surface area (Å²) in [5.74, 6) is 1.79. The van der Waals surface area contributed by atoms with Gasteiger partial charge in [-0.15, -0.1) is 0 Å². The molecule has 0 bridgehead atoms. The van der Waals surface area contributed by atoms with E-state index >= 15 is 0 Å². The van der Waals surface area contributed by atoms with Gasteiger partial charge in [-0.1, -0.05) is 6.07 Å². The Balaban J connectivity index is 1.24. The number of ether oxygens (including phenoxy) is 2. The predicted octanol–water partition coefficient (Wildman–Crippen LogP) is 1.08. The molecule has 4 rings (SSSR count). The number of carbonyl (C=O) groups is 1. The minimum Gasteiger partial charge on any atom is -0.454 e. The van der Waals surface area contributed by atoms with Crippen molar-refractivity contribution >= 4 is 11.9 Å². The number of nitrogens with one attached hydrogen (secondary N) is 2. The maximum absolute atomic E-state index is 12.1. The number of aryl methyl sites for hydroxylation is 1. The van der Waals surface area contributed by atoms with Gasteiger partial charge in [0.2, 0.25) is 18.6 Å². The first-order valence-electron chi connectivity index (χ1n) is 8.61. The van der Waals surface area contributed by atoms with E-state index in [0.29, 0.717) is 18.5 Å².